The first-order chi connectivity index (χ1) is 16.2. The average molecular weight is 504 g/mol. The van der Waals surface area contributed by atoms with E-state index in [0.29, 0.717) is 22.6 Å². The van der Waals surface area contributed by atoms with Crippen LogP contribution in [-0.2, 0) is 26.0 Å². The van der Waals surface area contributed by atoms with E-state index in [1.807, 2.05) is 23.6 Å². The third kappa shape index (κ3) is 5.30. The van der Waals surface area contributed by atoms with Gasteiger partial charge in [-0.2, -0.15) is 4.31 Å². The topological polar surface area (TPSA) is 99.2 Å². The number of likely N-dealkylation sites (N-methyl/N-ethyl adjacent to an activating group) is 1. The van der Waals surface area contributed by atoms with Gasteiger partial charge in [-0.15, -0.1) is 11.3 Å². The number of Topliss-reactive ketones (excluding diaryl/α,β-unsaturated/α-hetero) is 1. The molecule has 0 atom stereocenters. The molecule has 0 spiro atoms. The van der Waals surface area contributed by atoms with Gasteiger partial charge in [-0.3, -0.25) is 9.59 Å². The van der Waals surface area contributed by atoms with Crippen LogP contribution >= 0.6 is 11.3 Å². The summed E-state index contributed by atoms with van der Waals surface area (Å²) in [5.74, 6) is -0.0762. The number of rotatable bonds is 10. The molecule has 0 radical (unpaired) electrons. The van der Waals surface area contributed by atoms with E-state index in [9.17, 15) is 18.0 Å². The summed E-state index contributed by atoms with van der Waals surface area (Å²) < 4.78 is 41.8. The lowest BCUT2D eigenvalue weighted by molar-refractivity contribution is -0.140. The zero-order valence-electron chi connectivity index (χ0n) is 19.2. The van der Waals surface area contributed by atoms with Gasteiger partial charge in [-0.1, -0.05) is 18.2 Å². The van der Waals surface area contributed by atoms with E-state index in [0.717, 1.165) is 14.7 Å². The summed E-state index contributed by atoms with van der Waals surface area (Å²) in [5, 5.41) is 1.94. The normalized spacial score (nSPS) is 11.3. The lowest BCUT2D eigenvalue weighted by Gasteiger charge is -2.17. The molecule has 0 saturated heterocycles. The number of methoxy groups -OCH3 is 3. The molecular formula is C24H25NO7S2. The van der Waals surface area contributed by atoms with Crippen molar-refractivity contribution in [1.82, 2.24) is 4.31 Å². The fourth-order valence-electron chi connectivity index (χ4n) is 3.40. The van der Waals surface area contributed by atoms with Crippen LogP contribution in [0, 0.1) is 0 Å². The molecule has 10 heteroatoms. The van der Waals surface area contributed by atoms with Gasteiger partial charge < -0.3 is 14.2 Å². The predicted octanol–water partition coefficient (Wildman–Crippen LogP) is 3.65. The molecule has 8 nitrogen and oxygen atoms in total. The summed E-state index contributed by atoms with van der Waals surface area (Å²) in [6.07, 6.45) is 0.0128. The van der Waals surface area contributed by atoms with Crippen LogP contribution < -0.4 is 9.47 Å². The van der Waals surface area contributed by atoms with Gasteiger partial charge in [0.25, 0.3) is 0 Å². The number of ketones is 1. The highest BCUT2D eigenvalue weighted by molar-refractivity contribution is 7.89. The van der Waals surface area contributed by atoms with Crippen molar-refractivity contribution in [2.75, 3.05) is 34.9 Å². The second kappa shape index (κ2) is 10.8. The molecule has 0 amide bonds. The number of hydrogen-bond acceptors (Lipinski definition) is 8. The van der Waals surface area contributed by atoms with Gasteiger partial charge in [-0.25, -0.2) is 8.42 Å². The van der Waals surface area contributed by atoms with Crippen molar-refractivity contribution in [3.63, 3.8) is 0 Å². The van der Waals surface area contributed by atoms with Crippen LogP contribution in [0.3, 0.4) is 0 Å². The van der Waals surface area contributed by atoms with Crippen molar-refractivity contribution in [2.45, 2.75) is 11.3 Å². The van der Waals surface area contributed by atoms with Crippen molar-refractivity contribution in [2.24, 2.45) is 0 Å². The molecule has 180 valence electrons. The number of carbonyl (C=O) groups is 2. The van der Waals surface area contributed by atoms with E-state index >= 15 is 0 Å². The van der Waals surface area contributed by atoms with Gasteiger partial charge in [0, 0.05) is 23.9 Å². The second-order valence-corrected chi connectivity index (χ2v) is 10.3. The fourth-order valence-corrected chi connectivity index (χ4v) is 5.26. The standard InChI is InChI=1S/C24H25NO7S2/c1-25(15-22(27)31-3)34(28,29)17-9-7-16(8-10-17)14-19(26)23-20(30-2)12-11-18(24(23)32-4)21-6-5-13-33-21/h5-13H,14-15H2,1-4H3. The zero-order chi connectivity index (χ0) is 24.9. The zero-order valence-corrected chi connectivity index (χ0v) is 20.9. The Morgan fingerprint density at radius 2 is 1.68 bits per heavy atom. The number of esters is 1. The maximum atomic E-state index is 13.3. The van der Waals surface area contributed by atoms with Gasteiger partial charge in [0.15, 0.2) is 5.78 Å². The molecule has 0 aliphatic heterocycles. The molecule has 34 heavy (non-hydrogen) atoms. The van der Waals surface area contributed by atoms with Crippen LogP contribution in [0.4, 0.5) is 0 Å². The van der Waals surface area contributed by atoms with E-state index in [2.05, 4.69) is 4.74 Å². The number of nitrogens with zero attached hydrogens (tertiary/aromatic N) is 1. The number of thiophene rings is 1. The molecule has 0 unspecified atom stereocenters. The van der Waals surface area contributed by atoms with E-state index < -0.39 is 22.5 Å². The van der Waals surface area contributed by atoms with Gasteiger partial charge in [0.1, 0.15) is 23.6 Å². The maximum Gasteiger partial charge on any atom is 0.321 e. The second-order valence-electron chi connectivity index (χ2n) is 7.28. The Morgan fingerprint density at radius 3 is 2.24 bits per heavy atom. The first-order valence-electron chi connectivity index (χ1n) is 10.2. The monoisotopic (exact) mass is 503 g/mol. The Hall–Kier alpha value is -3.21. The third-order valence-electron chi connectivity index (χ3n) is 5.18. The molecular weight excluding hydrogens is 478 g/mol. The van der Waals surface area contributed by atoms with E-state index in [-0.39, 0.29) is 17.1 Å². The number of ether oxygens (including phenoxy) is 3. The molecule has 2 aromatic carbocycles. The SMILES string of the molecule is COC(=O)CN(C)S(=O)(=O)c1ccc(CC(=O)c2c(OC)ccc(-c3cccs3)c2OC)cc1. The van der Waals surface area contributed by atoms with Crippen molar-refractivity contribution in [3.8, 4) is 21.9 Å². The van der Waals surface area contributed by atoms with Gasteiger partial charge in [-0.05, 0) is 41.3 Å². The quantitative estimate of drug-likeness (QED) is 0.308. The minimum Gasteiger partial charge on any atom is -0.496 e. The smallest absolute Gasteiger partial charge is 0.321 e. The van der Waals surface area contributed by atoms with Gasteiger partial charge in [0.2, 0.25) is 10.0 Å². The maximum absolute atomic E-state index is 13.3. The molecule has 0 aliphatic carbocycles. The van der Waals surface area contributed by atoms with E-state index in [1.54, 1.807) is 18.2 Å². The number of sulfonamides is 1. The minimum atomic E-state index is -3.88. The largest absolute Gasteiger partial charge is 0.496 e. The van der Waals surface area contributed by atoms with Gasteiger partial charge in [0.05, 0.1) is 26.2 Å². The summed E-state index contributed by atoms with van der Waals surface area (Å²) in [4.78, 5) is 25.7. The molecule has 1 aromatic heterocycles. The lowest BCUT2D eigenvalue weighted by atomic mass is 9.98. The van der Waals surface area contributed by atoms with Crippen molar-refractivity contribution in [3.05, 3.63) is 65.0 Å². The minimum absolute atomic E-state index is 0.00459. The Balaban J connectivity index is 1.88. The predicted molar refractivity (Wildman–Crippen MR) is 129 cm³/mol. The van der Waals surface area contributed by atoms with Crippen molar-refractivity contribution >= 4 is 33.1 Å². The highest BCUT2D eigenvalue weighted by Gasteiger charge is 2.25. The number of benzene rings is 2. The average Bonchev–Trinajstić information content (AvgIpc) is 3.37. The third-order valence-corrected chi connectivity index (χ3v) is 7.91. The van der Waals surface area contributed by atoms with Crippen LogP contribution in [-0.4, -0.2) is 59.4 Å². The Bertz CT molecular complexity index is 1270. The number of hydrogen-bond donors (Lipinski definition) is 0. The van der Waals surface area contributed by atoms with E-state index in [4.69, 9.17) is 9.47 Å². The van der Waals surface area contributed by atoms with E-state index in [1.165, 1.54) is 51.8 Å². The highest BCUT2D eigenvalue weighted by atomic mass is 32.2. The lowest BCUT2D eigenvalue weighted by Crippen LogP contribution is -2.32. The summed E-state index contributed by atoms with van der Waals surface area (Å²) >= 11 is 1.53. The molecule has 1 heterocycles. The van der Waals surface area contributed by atoms with Crippen LogP contribution in [0.25, 0.3) is 10.4 Å². The Labute approximate surface area is 202 Å². The molecule has 0 aliphatic rings. The molecule has 0 saturated carbocycles. The summed E-state index contributed by atoms with van der Waals surface area (Å²) in [6.45, 7) is -0.404. The molecule has 0 bridgehead atoms. The summed E-state index contributed by atoms with van der Waals surface area (Å²) in [6, 6.07) is 13.4. The Morgan fingerprint density at radius 1 is 0.971 bits per heavy atom. The van der Waals surface area contributed by atoms with Crippen LogP contribution in [0.15, 0.2) is 58.8 Å². The van der Waals surface area contributed by atoms with Crippen LogP contribution in [0.2, 0.25) is 0 Å². The molecule has 0 N–H and O–H groups in total. The highest BCUT2D eigenvalue weighted by Crippen LogP contribution is 2.40. The molecule has 3 rings (SSSR count). The van der Waals surface area contributed by atoms with Gasteiger partial charge >= 0.3 is 5.97 Å². The summed E-state index contributed by atoms with van der Waals surface area (Å²) in [7, 11) is 1.59. The van der Waals surface area contributed by atoms with Crippen molar-refractivity contribution in [1.29, 1.82) is 0 Å². The first kappa shape index (κ1) is 25.4. The Kier molecular flexibility index (Phi) is 8.08. The summed E-state index contributed by atoms with van der Waals surface area (Å²) in [5.41, 5.74) is 1.73. The van der Waals surface area contributed by atoms with Crippen molar-refractivity contribution < 1.29 is 32.2 Å². The number of carbonyl (C=O) groups excluding carboxylic acids is 2. The fraction of sp³-hybridized carbons (Fsp3) is 0.250. The molecule has 0 fully saturated rings. The molecule has 3 aromatic rings. The van der Waals surface area contributed by atoms with Crippen LogP contribution in [0.5, 0.6) is 11.5 Å². The first-order valence-corrected chi connectivity index (χ1v) is 12.5. The van der Waals surface area contributed by atoms with Crippen LogP contribution in [0.1, 0.15) is 15.9 Å².